The van der Waals surface area contributed by atoms with Gasteiger partial charge in [-0.15, -0.1) is 11.3 Å². The highest BCUT2D eigenvalue weighted by Gasteiger charge is 2.28. The fraction of sp³-hybridized carbons (Fsp3) is 0.286. The number of rotatable bonds is 6. The summed E-state index contributed by atoms with van der Waals surface area (Å²) in [5.74, 6) is 0.233. The van der Waals surface area contributed by atoms with Gasteiger partial charge in [0, 0.05) is 74.0 Å². The molecule has 1 aliphatic heterocycles. The maximum absolute atomic E-state index is 13.4. The van der Waals surface area contributed by atoms with E-state index in [-0.39, 0.29) is 17.7 Å². The minimum absolute atomic E-state index is 0.000241. The van der Waals surface area contributed by atoms with E-state index in [0.717, 1.165) is 6.54 Å². The summed E-state index contributed by atoms with van der Waals surface area (Å²) in [6, 6.07) is 23.2. The van der Waals surface area contributed by atoms with Gasteiger partial charge in [0.2, 0.25) is 11.8 Å². The number of aromatic nitrogens is 1. The summed E-state index contributed by atoms with van der Waals surface area (Å²) in [4.78, 5) is 30.0. The van der Waals surface area contributed by atoms with Crippen molar-refractivity contribution in [2.75, 3.05) is 26.2 Å². The lowest BCUT2D eigenvalue weighted by molar-refractivity contribution is -0.138. The van der Waals surface area contributed by atoms with Crippen LogP contribution in [0, 0.1) is 0 Å². The molecular formula is C28H29N3O2S. The van der Waals surface area contributed by atoms with E-state index >= 15 is 0 Å². The summed E-state index contributed by atoms with van der Waals surface area (Å²) in [6.45, 7) is 4.81. The van der Waals surface area contributed by atoms with Gasteiger partial charge in [-0.25, -0.2) is 0 Å². The molecule has 1 atom stereocenters. The number of nitrogens with zero attached hydrogens (tertiary/aromatic N) is 3. The average molecular weight is 472 g/mol. The molecule has 4 aromatic rings. The lowest BCUT2D eigenvalue weighted by atomic mass is 9.93. The minimum Gasteiger partial charge on any atom is -0.343 e. The predicted octanol–water partition coefficient (Wildman–Crippen LogP) is 4.96. The Kier molecular flexibility index (Phi) is 6.50. The largest absolute Gasteiger partial charge is 0.343 e. The van der Waals surface area contributed by atoms with Gasteiger partial charge in [-0.05, 0) is 28.6 Å². The molecule has 0 radical (unpaired) electrons. The van der Waals surface area contributed by atoms with E-state index in [1.807, 2.05) is 15.9 Å². The van der Waals surface area contributed by atoms with Crippen molar-refractivity contribution in [3.63, 3.8) is 0 Å². The van der Waals surface area contributed by atoms with Gasteiger partial charge >= 0.3 is 0 Å². The Balaban J connectivity index is 1.46. The Labute approximate surface area is 204 Å². The molecule has 1 fully saturated rings. The van der Waals surface area contributed by atoms with E-state index < -0.39 is 0 Å². The molecule has 3 heterocycles. The number of amides is 2. The summed E-state index contributed by atoms with van der Waals surface area (Å²) < 4.78 is 2.30. The molecule has 2 aromatic heterocycles. The summed E-state index contributed by atoms with van der Waals surface area (Å²) in [6.07, 6.45) is 2.67. The van der Waals surface area contributed by atoms with Crippen LogP contribution in [0.1, 0.15) is 35.3 Å². The number of hydrogen-bond donors (Lipinski definition) is 0. The fourth-order valence-electron chi connectivity index (χ4n) is 4.89. The third kappa shape index (κ3) is 4.64. The van der Waals surface area contributed by atoms with Gasteiger partial charge in [0.1, 0.15) is 0 Å². The SMILES string of the molecule is CC(=O)N1CCN(C(=O)CC(c2cccs2)c2cn(Cc3ccccc3)c3ccccc23)CC1. The normalized spacial score (nSPS) is 15.0. The second-order valence-electron chi connectivity index (χ2n) is 8.87. The van der Waals surface area contributed by atoms with Crippen molar-refractivity contribution in [3.8, 4) is 0 Å². The number of para-hydroxylation sites is 1. The van der Waals surface area contributed by atoms with E-state index in [2.05, 4.69) is 76.8 Å². The highest BCUT2D eigenvalue weighted by atomic mass is 32.1. The third-order valence-electron chi connectivity index (χ3n) is 6.73. The highest BCUT2D eigenvalue weighted by Crippen LogP contribution is 2.37. The van der Waals surface area contributed by atoms with Crippen LogP contribution in [0.25, 0.3) is 10.9 Å². The van der Waals surface area contributed by atoms with Gasteiger partial charge in [0.25, 0.3) is 0 Å². The quantitative estimate of drug-likeness (QED) is 0.399. The van der Waals surface area contributed by atoms with E-state index in [1.54, 1.807) is 18.3 Å². The number of thiophene rings is 1. The second kappa shape index (κ2) is 9.85. The average Bonchev–Trinajstić information content (AvgIpc) is 3.52. The molecule has 0 aliphatic carbocycles. The van der Waals surface area contributed by atoms with Crippen molar-refractivity contribution in [1.29, 1.82) is 0 Å². The number of hydrogen-bond acceptors (Lipinski definition) is 3. The first-order valence-corrected chi connectivity index (χ1v) is 12.7. The molecule has 174 valence electrons. The Morgan fingerprint density at radius 2 is 1.59 bits per heavy atom. The number of piperazine rings is 1. The van der Waals surface area contributed by atoms with Gasteiger partial charge in [0.15, 0.2) is 0 Å². The molecule has 2 amide bonds. The Morgan fingerprint density at radius 1 is 0.882 bits per heavy atom. The Morgan fingerprint density at radius 3 is 2.29 bits per heavy atom. The lowest BCUT2D eigenvalue weighted by Crippen LogP contribution is -2.50. The number of fused-ring (bicyclic) bond motifs is 1. The van der Waals surface area contributed by atoms with Crippen molar-refractivity contribution in [2.24, 2.45) is 0 Å². The molecule has 2 aromatic carbocycles. The smallest absolute Gasteiger partial charge is 0.223 e. The Hall–Kier alpha value is -3.38. The van der Waals surface area contributed by atoms with Crippen LogP contribution in [0.15, 0.2) is 78.3 Å². The van der Waals surface area contributed by atoms with Crippen LogP contribution in [-0.4, -0.2) is 52.4 Å². The summed E-state index contributed by atoms with van der Waals surface area (Å²) in [7, 11) is 0. The number of carbonyl (C=O) groups excluding carboxylic acids is 2. The predicted molar refractivity (Wildman–Crippen MR) is 137 cm³/mol. The Bertz CT molecular complexity index is 1270. The van der Waals surface area contributed by atoms with Crippen molar-refractivity contribution in [2.45, 2.75) is 25.8 Å². The zero-order valence-corrected chi connectivity index (χ0v) is 20.2. The van der Waals surface area contributed by atoms with Gasteiger partial charge in [-0.2, -0.15) is 0 Å². The zero-order chi connectivity index (χ0) is 23.5. The minimum atomic E-state index is 0.000241. The van der Waals surface area contributed by atoms with Crippen molar-refractivity contribution in [1.82, 2.24) is 14.4 Å². The summed E-state index contributed by atoms with van der Waals surface area (Å²) in [5.41, 5.74) is 3.64. The first-order valence-electron chi connectivity index (χ1n) is 11.8. The van der Waals surface area contributed by atoms with Crippen LogP contribution in [0.3, 0.4) is 0 Å². The monoisotopic (exact) mass is 471 g/mol. The molecule has 0 bridgehead atoms. The summed E-state index contributed by atoms with van der Waals surface area (Å²) in [5, 5.41) is 3.28. The molecule has 0 saturated carbocycles. The fourth-order valence-corrected chi connectivity index (χ4v) is 5.74. The topological polar surface area (TPSA) is 45.6 Å². The second-order valence-corrected chi connectivity index (χ2v) is 9.85. The maximum Gasteiger partial charge on any atom is 0.223 e. The van der Waals surface area contributed by atoms with Gasteiger partial charge in [-0.3, -0.25) is 9.59 Å². The van der Waals surface area contributed by atoms with E-state index in [0.29, 0.717) is 32.6 Å². The van der Waals surface area contributed by atoms with Crippen LogP contribution >= 0.6 is 11.3 Å². The zero-order valence-electron chi connectivity index (χ0n) is 19.4. The van der Waals surface area contributed by atoms with Crippen LogP contribution in [-0.2, 0) is 16.1 Å². The standard InChI is InChI=1S/C28H29N3O2S/c1-21(32)29-13-15-30(16-14-29)28(33)18-24(27-12-7-17-34-27)25-20-31(19-22-8-3-2-4-9-22)26-11-6-5-10-23(25)26/h2-12,17,20,24H,13-16,18-19H2,1H3. The van der Waals surface area contributed by atoms with E-state index in [1.165, 1.54) is 26.9 Å². The molecule has 6 heteroatoms. The molecular weight excluding hydrogens is 442 g/mol. The van der Waals surface area contributed by atoms with Crippen LogP contribution in [0.5, 0.6) is 0 Å². The van der Waals surface area contributed by atoms with Crippen LogP contribution in [0.2, 0.25) is 0 Å². The third-order valence-corrected chi connectivity index (χ3v) is 7.72. The van der Waals surface area contributed by atoms with Crippen molar-refractivity contribution < 1.29 is 9.59 Å². The first kappa shape index (κ1) is 22.4. The summed E-state index contributed by atoms with van der Waals surface area (Å²) >= 11 is 1.71. The molecule has 5 rings (SSSR count). The lowest BCUT2D eigenvalue weighted by Gasteiger charge is -2.35. The van der Waals surface area contributed by atoms with Gasteiger partial charge in [-0.1, -0.05) is 54.6 Å². The van der Waals surface area contributed by atoms with Crippen LogP contribution < -0.4 is 0 Å². The van der Waals surface area contributed by atoms with Crippen LogP contribution in [0.4, 0.5) is 0 Å². The highest BCUT2D eigenvalue weighted by molar-refractivity contribution is 7.10. The van der Waals surface area contributed by atoms with Crippen molar-refractivity contribution >= 4 is 34.1 Å². The van der Waals surface area contributed by atoms with Gasteiger partial charge in [0.05, 0.1) is 0 Å². The molecule has 34 heavy (non-hydrogen) atoms. The maximum atomic E-state index is 13.4. The molecule has 0 spiro atoms. The van der Waals surface area contributed by atoms with Gasteiger partial charge < -0.3 is 14.4 Å². The van der Waals surface area contributed by atoms with E-state index in [9.17, 15) is 9.59 Å². The molecule has 1 saturated heterocycles. The molecule has 5 nitrogen and oxygen atoms in total. The number of benzene rings is 2. The number of carbonyl (C=O) groups is 2. The first-order chi connectivity index (χ1) is 16.6. The van der Waals surface area contributed by atoms with Crippen molar-refractivity contribution in [3.05, 3.63) is 94.3 Å². The molecule has 1 unspecified atom stereocenters. The molecule has 0 N–H and O–H groups in total. The molecule has 1 aliphatic rings. The van der Waals surface area contributed by atoms with E-state index in [4.69, 9.17) is 0 Å².